The second-order valence-corrected chi connectivity index (χ2v) is 4.88. The molecular weight excluding hydrogens is 226 g/mol. The van der Waals surface area contributed by atoms with Gasteiger partial charge in [-0.1, -0.05) is 30.7 Å². The van der Waals surface area contributed by atoms with Gasteiger partial charge in [0.1, 0.15) is 0 Å². The van der Waals surface area contributed by atoms with Crippen LogP contribution in [0.15, 0.2) is 18.2 Å². The van der Waals surface area contributed by atoms with Gasteiger partial charge >= 0.3 is 0 Å². The molecule has 0 bridgehead atoms. The Morgan fingerprint density at radius 2 is 2.00 bits per heavy atom. The molecule has 0 amide bonds. The zero-order chi connectivity index (χ0) is 13.0. The molecule has 1 heterocycles. The van der Waals surface area contributed by atoms with E-state index in [0.29, 0.717) is 6.04 Å². The number of aryl methyl sites for hydroxylation is 2. The maximum absolute atomic E-state index is 5.55. The van der Waals surface area contributed by atoms with E-state index in [4.69, 9.17) is 9.47 Å². The summed E-state index contributed by atoms with van der Waals surface area (Å²) in [5.74, 6) is 0. The normalized spacial score (nSPS) is 18.2. The van der Waals surface area contributed by atoms with Crippen molar-refractivity contribution in [1.29, 1.82) is 0 Å². The highest BCUT2D eigenvalue weighted by molar-refractivity contribution is 5.32. The average Bonchev–Trinajstić information content (AvgIpc) is 2.81. The number of benzene rings is 1. The lowest BCUT2D eigenvalue weighted by molar-refractivity contribution is -0.0529. The first-order valence-corrected chi connectivity index (χ1v) is 6.74. The highest BCUT2D eigenvalue weighted by Crippen LogP contribution is 2.25. The van der Waals surface area contributed by atoms with Crippen molar-refractivity contribution in [3.8, 4) is 0 Å². The van der Waals surface area contributed by atoms with E-state index < -0.39 is 0 Å². The smallest absolute Gasteiger partial charge is 0.159 e. The summed E-state index contributed by atoms with van der Waals surface area (Å²) in [6.07, 6.45) is 0.812. The number of nitrogens with one attached hydrogen (secondary N) is 1. The average molecular weight is 249 g/mol. The number of hydrogen-bond acceptors (Lipinski definition) is 3. The Bertz CT molecular complexity index is 386. The Morgan fingerprint density at radius 3 is 2.61 bits per heavy atom. The highest BCUT2D eigenvalue weighted by Gasteiger charge is 2.22. The molecule has 1 fully saturated rings. The van der Waals surface area contributed by atoms with Crippen molar-refractivity contribution in [3.63, 3.8) is 0 Å². The third-order valence-corrected chi connectivity index (χ3v) is 3.37. The Balaban J connectivity index is 2.12. The van der Waals surface area contributed by atoms with Gasteiger partial charge in [0.05, 0.1) is 13.2 Å². The highest BCUT2D eigenvalue weighted by atomic mass is 16.7. The molecule has 3 nitrogen and oxygen atoms in total. The van der Waals surface area contributed by atoms with Gasteiger partial charge in [-0.25, -0.2) is 0 Å². The van der Waals surface area contributed by atoms with Crippen molar-refractivity contribution in [1.82, 2.24) is 5.32 Å². The van der Waals surface area contributed by atoms with Gasteiger partial charge in [-0.15, -0.1) is 0 Å². The number of ether oxygens (including phenoxy) is 2. The Kier molecular flexibility index (Phi) is 4.75. The summed E-state index contributed by atoms with van der Waals surface area (Å²) >= 11 is 0. The number of hydrogen-bond donors (Lipinski definition) is 1. The first-order chi connectivity index (χ1) is 8.70. The monoisotopic (exact) mass is 249 g/mol. The number of rotatable bonds is 5. The molecule has 18 heavy (non-hydrogen) atoms. The minimum Gasteiger partial charge on any atom is -0.350 e. The molecule has 1 aromatic rings. The van der Waals surface area contributed by atoms with Crippen molar-refractivity contribution in [2.75, 3.05) is 19.8 Å². The molecule has 1 unspecified atom stereocenters. The van der Waals surface area contributed by atoms with Crippen LogP contribution in [0.1, 0.15) is 36.1 Å². The van der Waals surface area contributed by atoms with Crippen LogP contribution in [0, 0.1) is 13.8 Å². The topological polar surface area (TPSA) is 30.5 Å². The lowest BCUT2D eigenvalue weighted by Crippen LogP contribution is -2.26. The van der Waals surface area contributed by atoms with Crippen LogP contribution in [-0.2, 0) is 9.47 Å². The fraction of sp³-hybridized carbons (Fsp3) is 0.600. The van der Waals surface area contributed by atoms with Gasteiger partial charge in [-0.05, 0) is 31.5 Å². The molecule has 1 N–H and O–H groups in total. The van der Waals surface area contributed by atoms with Crippen LogP contribution in [0.5, 0.6) is 0 Å². The Labute approximate surface area is 109 Å². The zero-order valence-corrected chi connectivity index (χ0v) is 11.5. The molecule has 1 atom stereocenters. The van der Waals surface area contributed by atoms with Crippen LogP contribution in [0.2, 0.25) is 0 Å². The second-order valence-electron chi connectivity index (χ2n) is 4.88. The predicted molar refractivity (Wildman–Crippen MR) is 72.6 cm³/mol. The summed E-state index contributed by atoms with van der Waals surface area (Å²) in [7, 11) is 0. The minimum absolute atomic E-state index is 0.0604. The van der Waals surface area contributed by atoms with E-state index in [1.54, 1.807) is 0 Å². The molecule has 0 spiro atoms. The third kappa shape index (κ3) is 3.31. The van der Waals surface area contributed by atoms with Gasteiger partial charge in [-0.3, -0.25) is 0 Å². The fourth-order valence-corrected chi connectivity index (χ4v) is 2.52. The van der Waals surface area contributed by atoms with Crippen LogP contribution in [0.4, 0.5) is 0 Å². The molecule has 0 saturated carbocycles. The van der Waals surface area contributed by atoms with E-state index in [-0.39, 0.29) is 6.29 Å². The molecule has 100 valence electrons. The van der Waals surface area contributed by atoms with Gasteiger partial charge in [0.25, 0.3) is 0 Å². The predicted octanol–water partition coefficient (Wildman–Crippen LogP) is 2.72. The standard InChI is InChI=1S/C15H23NO2/c1-4-16-14(10-15-17-7-8-18-15)13-6-5-11(2)9-12(13)3/h5-6,9,14-16H,4,7-8,10H2,1-3H3. The van der Waals surface area contributed by atoms with Crippen molar-refractivity contribution < 1.29 is 9.47 Å². The summed E-state index contributed by atoms with van der Waals surface area (Å²) in [4.78, 5) is 0. The van der Waals surface area contributed by atoms with Crippen molar-refractivity contribution in [3.05, 3.63) is 34.9 Å². The van der Waals surface area contributed by atoms with Crippen LogP contribution in [-0.4, -0.2) is 26.0 Å². The largest absolute Gasteiger partial charge is 0.350 e. The minimum atomic E-state index is -0.0604. The van der Waals surface area contributed by atoms with E-state index in [1.165, 1.54) is 16.7 Å². The first-order valence-electron chi connectivity index (χ1n) is 6.74. The SMILES string of the molecule is CCNC(CC1OCCO1)c1ccc(C)cc1C. The molecular formula is C15H23NO2. The zero-order valence-electron chi connectivity index (χ0n) is 11.5. The van der Waals surface area contributed by atoms with Crippen molar-refractivity contribution in [2.24, 2.45) is 0 Å². The third-order valence-electron chi connectivity index (χ3n) is 3.37. The van der Waals surface area contributed by atoms with E-state index >= 15 is 0 Å². The molecule has 3 heteroatoms. The van der Waals surface area contributed by atoms with E-state index in [0.717, 1.165) is 26.2 Å². The molecule has 1 aliphatic rings. The molecule has 0 radical (unpaired) electrons. The van der Waals surface area contributed by atoms with E-state index in [2.05, 4.69) is 44.3 Å². The van der Waals surface area contributed by atoms with Crippen LogP contribution >= 0.6 is 0 Å². The summed E-state index contributed by atoms with van der Waals surface area (Å²) in [5.41, 5.74) is 3.99. The molecule has 2 rings (SSSR count). The summed E-state index contributed by atoms with van der Waals surface area (Å²) in [6, 6.07) is 6.92. The van der Waals surface area contributed by atoms with Gasteiger partial charge < -0.3 is 14.8 Å². The quantitative estimate of drug-likeness (QED) is 0.870. The maximum atomic E-state index is 5.55. The second kappa shape index (κ2) is 6.32. The Hall–Kier alpha value is -0.900. The van der Waals surface area contributed by atoms with Crippen LogP contribution in [0.25, 0.3) is 0 Å². The molecule has 1 aromatic carbocycles. The van der Waals surface area contributed by atoms with Crippen molar-refractivity contribution in [2.45, 2.75) is 39.5 Å². The fourth-order valence-electron chi connectivity index (χ4n) is 2.52. The summed E-state index contributed by atoms with van der Waals surface area (Å²) in [5, 5.41) is 3.53. The van der Waals surface area contributed by atoms with Crippen LogP contribution in [0.3, 0.4) is 0 Å². The van der Waals surface area contributed by atoms with Gasteiger partial charge in [0, 0.05) is 12.5 Å². The molecule has 0 aromatic heterocycles. The maximum Gasteiger partial charge on any atom is 0.159 e. The molecule has 0 aliphatic carbocycles. The summed E-state index contributed by atoms with van der Waals surface area (Å²) in [6.45, 7) is 8.82. The van der Waals surface area contributed by atoms with E-state index in [9.17, 15) is 0 Å². The molecule has 1 saturated heterocycles. The first kappa shape index (κ1) is 13.5. The van der Waals surface area contributed by atoms with Gasteiger partial charge in [0.15, 0.2) is 6.29 Å². The lowest BCUT2D eigenvalue weighted by Gasteiger charge is -2.23. The van der Waals surface area contributed by atoms with Crippen molar-refractivity contribution >= 4 is 0 Å². The lowest BCUT2D eigenvalue weighted by atomic mass is 9.97. The molecule has 1 aliphatic heterocycles. The van der Waals surface area contributed by atoms with Gasteiger partial charge in [-0.2, -0.15) is 0 Å². The Morgan fingerprint density at radius 1 is 1.28 bits per heavy atom. The van der Waals surface area contributed by atoms with Gasteiger partial charge in [0.2, 0.25) is 0 Å². The summed E-state index contributed by atoms with van der Waals surface area (Å²) < 4.78 is 11.1. The van der Waals surface area contributed by atoms with E-state index in [1.807, 2.05) is 0 Å². The van der Waals surface area contributed by atoms with Crippen LogP contribution < -0.4 is 5.32 Å².